The lowest BCUT2D eigenvalue weighted by atomic mass is 10.0. The highest BCUT2D eigenvalue weighted by molar-refractivity contribution is 7.90. The van der Waals surface area contributed by atoms with Crippen molar-refractivity contribution in [3.63, 3.8) is 0 Å². The van der Waals surface area contributed by atoms with Gasteiger partial charge < -0.3 is 14.4 Å². The van der Waals surface area contributed by atoms with Crippen molar-refractivity contribution in [3.05, 3.63) is 35.5 Å². The Hall–Kier alpha value is -2.27. The van der Waals surface area contributed by atoms with E-state index in [4.69, 9.17) is 14.6 Å². The number of carbonyl (C=O) groups is 1. The van der Waals surface area contributed by atoms with Gasteiger partial charge in [-0.05, 0) is 25.3 Å². The number of hydrogen-bond acceptors (Lipinski definition) is 7. The van der Waals surface area contributed by atoms with E-state index in [-0.39, 0.29) is 23.4 Å². The summed E-state index contributed by atoms with van der Waals surface area (Å²) in [6.07, 6.45) is 2.99. The van der Waals surface area contributed by atoms with Gasteiger partial charge in [-0.2, -0.15) is 5.10 Å². The van der Waals surface area contributed by atoms with Crippen LogP contribution in [0.25, 0.3) is 11.3 Å². The maximum atomic E-state index is 13.5. The number of sulfone groups is 1. The smallest absolute Gasteiger partial charge is 0.274 e. The first-order valence-corrected chi connectivity index (χ1v) is 13.8. The van der Waals surface area contributed by atoms with Gasteiger partial charge in [-0.3, -0.25) is 14.4 Å². The number of amides is 1. The van der Waals surface area contributed by atoms with Gasteiger partial charge in [0, 0.05) is 56.6 Å². The molecule has 4 aliphatic rings. The van der Waals surface area contributed by atoms with Crippen LogP contribution < -0.4 is 0 Å². The monoisotopic (exact) mass is 486 g/mol. The molecule has 0 bridgehead atoms. The van der Waals surface area contributed by atoms with Gasteiger partial charge >= 0.3 is 0 Å². The molecule has 9 nitrogen and oxygen atoms in total. The van der Waals surface area contributed by atoms with Gasteiger partial charge in [0.05, 0.1) is 35.6 Å². The van der Waals surface area contributed by atoms with E-state index < -0.39 is 9.84 Å². The van der Waals surface area contributed by atoms with Crippen LogP contribution in [0.2, 0.25) is 0 Å². The van der Waals surface area contributed by atoms with Crippen molar-refractivity contribution in [3.8, 4) is 11.3 Å². The molecular formula is C24H30N4O5S. The van der Waals surface area contributed by atoms with Gasteiger partial charge in [0.25, 0.3) is 5.91 Å². The van der Waals surface area contributed by atoms with Gasteiger partial charge in [-0.25, -0.2) is 8.42 Å². The van der Waals surface area contributed by atoms with Gasteiger partial charge in [0.2, 0.25) is 0 Å². The number of ether oxygens (including phenoxy) is 2. The molecule has 10 heteroatoms. The normalized spacial score (nSPS) is 25.2. The Morgan fingerprint density at radius 1 is 0.941 bits per heavy atom. The Morgan fingerprint density at radius 3 is 2.47 bits per heavy atom. The summed E-state index contributed by atoms with van der Waals surface area (Å²) >= 11 is 0. The third-order valence-electron chi connectivity index (χ3n) is 7.57. The number of likely N-dealkylation sites (tertiary alicyclic amines) is 1. The fourth-order valence-electron chi connectivity index (χ4n) is 5.79. The summed E-state index contributed by atoms with van der Waals surface area (Å²) in [7, 11) is -3.55. The molecule has 0 spiro atoms. The standard InChI is InChI=1S/C24H30N4O5S/c29-24(26-9-13-33-14-10-26)22-20-16-34(30,31)21-4-2-1-3-19(21)23(20)28(25-22)18-5-8-27(15-18)17-6-11-32-12-7-17/h1-4,17-18H,5-16H2/t18-/m0/s1. The summed E-state index contributed by atoms with van der Waals surface area (Å²) in [5, 5.41) is 4.86. The van der Waals surface area contributed by atoms with Crippen LogP contribution in [-0.4, -0.2) is 92.6 Å². The highest BCUT2D eigenvalue weighted by Crippen LogP contribution is 2.42. The molecule has 0 N–H and O–H groups in total. The SMILES string of the molecule is O=C(c1nn([C@H]2CCN(C3CCOCC3)C2)c2c1CS(=O)(=O)c1ccccc1-2)N1CCOCC1. The number of rotatable bonds is 3. The number of carbonyl (C=O) groups excluding carboxylic acids is 1. The number of aromatic nitrogens is 2. The summed E-state index contributed by atoms with van der Waals surface area (Å²) in [6, 6.07) is 7.72. The van der Waals surface area contributed by atoms with Crippen LogP contribution in [0.3, 0.4) is 0 Å². The van der Waals surface area contributed by atoms with Gasteiger partial charge in [0.1, 0.15) is 0 Å². The van der Waals surface area contributed by atoms with E-state index in [1.165, 1.54) is 0 Å². The molecule has 5 heterocycles. The molecule has 1 aromatic heterocycles. The maximum Gasteiger partial charge on any atom is 0.274 e. The van der Waals surface area contributed by atoms with Crippen LogP contribution in [0.5, 0.6) is 0 Å². The largest absolute Gasteiger partial charge is 0.381 e. The topological polar surface area (TPSA) is 94.0 Å². The minimum atomic E-state index is -3.55. The average molecular weight is 487 g/mol. The molecular weight excluding hydrogens is 456 g/mol. The van der Waals surface area contributed by atoms with Crippen LogP contribution in [0.1, 0.15) is 41.4 Å². The molecule has 34 heavy (non-hydrogen) atoms. The zero-order valence-electron chi connectivity index (χ0n) is 19.2. The van der Waals surface area contributed by atoms with E-state index in [9.17, 15) is 13.2 Å². The second kappa shape index (κ2) is 8.75. The van der Waals surface area contributed by atoms with Crippen LogP contribution in [0, 0.1) is 0 Å². The molecule has 3 fully saturated rings. The Bertz CT molecular complexity index is 1200. The lowest BCUT2D eigenvalue weighted by Gasteiger charge is -2.31. The molecule has 4 aliphatic heterocycles. The molecule has 0 unspecified atom stereocenters. The number of benzene rings is 1. The van der Waals surface area contributed by atoms with Gasteiger partial charge in [-0.15, -0.1) is 0 Å². The molecule has 6 rings (SSSR count). The molecule has 2 aromatic rings. The third-order valence-corrected chi connectivity index (χ3v) is 9.26. The first kappa shape index (κ1) is 22.2. The highest BCUT2D eigenvalue weighted by Gasteiger charge is 2.40. The van der Waals surface area contributed by atoms with E-state index >= 15 is 0 Å². The quantitative estimate of drug-likeness (QED) is 0.652. The number of fused-ring (bicyclic) bond motifs is 3. The molecule has 0 aliphatic carbocycles. The predicted molar refractivity (Wildman–Crippen MR) is 124 cm³/mol. The van der Waals surface area contributed by atoms with Gasteiger partial charge in [0.15, 0.2) is 15.5 Å². The molecule has 0 radical (unpaired) electrons. The molecule has 3 saturated heterocycles. The lowest BCUT2D eigenvalue weighted by molar-refractivity contribution is 0.0297. The van der Waals surface area contributed by atoms with Crippen LogP contribution in [0.4, 0.5) is 0 Å². The minimum absolute atomic E-state index is 0.0942. The van der Waals surface area contributed by atoms with Crippen molar-refractivity contribution in [1.82, 2.24) is 19.6 Å². The maximum absolute atomic E-state index is 13.5. The Balaban J connectivity index is 1.42. The summed E-state index contributed by atoms with van der Waals surface area (Å²) in [5.74, 6) is -0.395. The van der Waals surface area contributed by atoms with Crippen LogP contribution >= 0.6 is 0 Å². The molecule has 0 saturated carbocycles. The lowest BCUT2D eigenvalue weighted by Crippen LogP contribution is -2.41. The summed E-state index contributed by atoms with van der Waals surface area (Å²) in [6.45, 7) is 5.36. The van der Waals surface area contributed by atoms with E-state index in [0.29, 0.717) is 48.4 Å². The summed E-state index contributed by atoms with van der Waals surface area (Å²) in [4.78, 5) is 18.1. The van der Waals surface area contributed by atoms with Crippen LogP contribution in [0.15, 0.2) is 29.2 Å². The molecule has 1 amide bonds. The first-order valence-electron chi connectivity index (χ1n) is 12.2. The molecule has 1 aromatic carbocycles. The van der Waals surface area contributed by atoms with Crippen LogP contribution in [-0.2, 0) is 25.1 Å². The molecule has 1 atom stereocenters. The highest BCUT2D eigenvalue weighted by atomic mass is 32.2. The first-order chi connectivity index (χ1) is 16.5. The Morgan fingerprint density at radius 2 is 1.68 bits per heavy atom. The van der Waals surface area contributed by atoms with E-state index in [1.807, 2.05) is 16.8 Å². The molecule has 182 valence electrons. The second-order valence-corrected chi connectivity index (χ2v) is 11.5. The van der Waals surface area contributed by atoms with Crippen molar-refractivity contribution in [2.45, 2.75) is 42.0 Å². The van der Waals surface area contributed by atoms with Crippen molar-refractivity contribution < 1.29 is 22.7 Å². The zero-order valence-corrected chi connectivity index (χ0v) is 20.0. The summed E-state index contributed by atoms with van der Waals surface area (Å²) < 4.78 is 39.3. The predicted octanol–water partition coefficient (Wildman–Crippen LogP) is 1.74. The Kier molecular flexibility index (Phi) is 5.71. The third kappa shape index (κ3) is 3.77. The number of morpholine rings is 1. The fraction of sp³-hybridized carbons (Fsp3) is 0.583. The second-order valence-electron chi connectivity index (χ2n) is 9.56. The number of nitrogens with zero attached hydrogens (tertiary/aromatic N) is 4. The van der Waals surface area contributed by atoms with E-state index in [1.54, 1.807) is 17.0 Å². The average Bonchev–Trinajstić information content (AvgIpc) is 3.50. The number of hydrogen-bond donors (Lipinski definition) is 0. The Labute approximate surface area is 199 Å². The van der Waals surface area contributed by atoms with Gasteiger partial charge in [-0.1, -0.05) is 18.2 Å². The van der Waals surface area contributed by atoms with E-state index in [2.05, 4.69) is 4.90 Å². The summed E-state index contributed by atoms with van der Waals surface area (Å²) in [5.41, 5.74) is 2.27. The zero-order chi connectivity index (χ0) is 23.3. The van der Waals surface area contributed by atoms with Crippen molar-refractivity contribution >= 4 is 15.7 Å². The fourth-order valence-corrected chi connectivity index (χ4v) is 7.39. The van der Waals surface area contributed by atoms with Crippen molar-refractivity contribution in [2.75, 3.05) is 52.6 Å². The van der Waals surface area contributed by atoms with E-state index in [0.717, 1.165) is 51.3 Å². The van der Waals surface area contributed by atoms with Crippen molar-refractivity contribution in [2.24, 2.45) is 0 Å². The minimum Gasteiger partial charge on any atom is -0.381 e. The van der Waals surface area contributed by atoms with Crippen molar-refractivity contribution in [1.29, 1.82) is 0 Å².